The molecule has 138 valence electrons. The van der Waals surface area contributed by atoms with Gasteiger partial charge in [0.25, 0.3) is 0 Å². The Morgan fingerprint density at radius 3 is 1.50 bits per heavy atom. The van der Waals surface area contributed by atoms with E-state index in [-0.39, 0.29) is 0 Å². The summed E-state index contributed by atoms with van der Waals surface area (Å²) in [5.41, 5.74) is 0. The third kappa shape index (κ3) is 9.50. The van der Waals surface area contributed by atoms with Gasteiger partial charge < -0.3 is 21.1 Å². The van der Waals surface area contributed by atoms with E-state index in [9.17, 15) is 0 Å². The van der Waals surface area contributed by atoms with E-state index in [4.69, 9.17) is 5.11 Å². The molecule has 7 heteroatoms. The van der Waals surface area contributed by atoms with E-state index in [0.717, 1.165) is 19.4 Å². The topological polar surface area (TPSA) is 95.0 Å². The van der Waals surface area contributed by atoms with E-state index in [1.807, 2.05) is 0 Å². The normalized spacial score (nSPS) is 10.6. The first-order valence-corrected chi connectivity index (χ1v) is 9.26. The minimum Gasteiger partial charge on any atom is -0.396 e. The van der Waals surface area contributed by atoms with Crippen LogP contribution in [0.25, 0.3) is 0 Å². The van der Waals surface area contributed by atoms with Crippen LogP contribution in [0.1, 0.15) is 64.2 Å². The second-order valence-corrected chi connectivity index (χ2v) is 5.99. The molecule has 4 N–H and O–H groups in total. The van der Waals surface area contributed by atoms with E-state index >= 15 is 0 Å². The Morgan fingerprint density at radius 1 is 0.625 bits per heavy atom. The summed E-state index contributed by atoms with van der Waals surface area (Å²) in [6.45, 7) is 1.22. The van der Waals surface area contributed by atoms with Crippen LogP contribution >= 0.6 is 0 Å². The predicted octanol–water partition coefficient (Wildman–Crippen LogP) is 3.26. The molecule has 0 aliphatic rings. The Hall–Kier alpha value is -1.63. The maximum Gasteiger partial charge on any atom is 0.229 e. The van der Waals surface area contributed by atoms with E-state index in [2.05, 4.69) is 30.9 Å². The summed E-state index contributed by atoms with van der Waals surface area (Å²) >= 11 is 0. The molecular weight excluding hydrogens is 304 g/mol. The van der Waals surface area contributed by atoms with Gasteiger partial charge in [-0.15, -0.1) is 0 Å². The van der Waals surface area contributed by atoms with Crippen LogP contribution in [0.2, 0.25) is 0 Å². The summed E-state index contributed by atoms with van der Waals surface area (Å²) in [7, 11) is 3.59. The number of aliphatic hydroxyl groups excluding tert-OH is 1. The molecule has 1 heterocycles. The number of nitrogens with zero attached hydrogens (tertiary/aromatic N) is 3. The van der Waals surface area contributed by atoms with Crippen molar-refractivity contribution in [1.29, 1.82) is 0 Å². The highest BCUT2D eigenvalue weighted by molar-refractivity contribution is 5.41. The molecule has 1 aromatic rings. The lowest BCUT2D eigenvalue weighted by molar-refractivity contribution is 0.282. The second kappa shape index (κ2) is 13.8. The number of nitrogens with one attached hydrogen (secondary N) is 3. The molecule has 0 bridgehead atoms. The molecule has 24 heavy (non-hydrogen) atoms. The average Bonchev–Trinajstić information content (AvgIpc) is 2.62. The zero-order chi connectivity index (χ0) is 17.5. The van der Waals surface area contributed by atoms with Crippen LogP contribution in [-0.4, -0.2) is 47.3 Å². The van der Waals surface area contributed by atoms with Crippen molar-refractivity contribution in [2.24, 2.45) is 0 Å². The molecule has 0 amide bonds. The van der Waals surface area contributed by atoms with Crippen molar-refractivity contribution in [3.8, 4) is 0 Å². The molecule has 0 saturated heterocycles. The van der Waals surface area contributed by atoms with Crippen molar-refractivity contribution in [2.45, 2.75) is 64.2 Å². The van der Waals surface area contributed by atoms with E-state index in [0.29, 0.717) is 24.5 Å². The van der Waals surface area contributed by atoms with Crippen LogP contribution in [0.5, 0.6) is 0 Å². The lowest BCUT2D eigenvalue weighted by Crippen LogP contribution is -2.10. The number of aromatic nitrogens is 3. The summed E-state index contributed by atoms with van der Waals surface area (Å²) in [6.07, 6.45) is 12.3. The van der Waals surface area contributed by atoms with Gasteiger partial charge in [-0.1, -0.05) is 51.4 Å². The van der Waals surface area contributed by atoms with Gasteiger partial charge in [-0.3, -0.25) is 0 Å². The SMILES string of the molecule is CNc1nc(NC)nc(NCCCCCCCCCCCCO)n1. The lowest BCUT2D eigenvalue weighted by Gasteiger charge is -2.08. The molecule has 0 spiro atoms. The highest BCUT2D eigenvalue weighted by Crippen LogP contribution is 2.11. The van der Waals surface area contributed by atoms with Gasteiger partial charge >= 0.3 is 0 Å². The molecular formula is C17H34N6O. The molecule has 0 aliphatic heterocycles. The second-order valence-electron chi connectivity index (χ2n) is 5.99. The number of hydrogen-bond donors (Lipinski definition) is 4. The van der Waals surface area contributed by atoms with Crippen molar-refractivity contribution in [2.75, 3.05) is 43.2 Å². The first-order valence-electron chi connectivity index (χ1n) is 9.26. The first-order chi connectivity index (χ1) is 11.8. The van der Waals surface area contributed by atoms with Crippen LogP contribution in [-0.2, 0) is 0 Å². The molecule has 0 saturated carbocycles. The summed E-state index contributed by atoms with van der Waals surface area (Å²) in [6, 6.07) is 0. The zero-order valence-corrected chi connectivity index (χ0v) is 15.3. The maximum absolute atomic E-state index is 8.71. The van der Waals surface area contributed by atoms with Crippen molar-refractivity contribution < 1.29 is 5.11 Å². The number of unbranched alkanes of at least 4 members (excludes halogenated alkanes) is 9. The quantitative estimate of drug-likeness (QED) is 0.365. The van der Waals surface area contributed by atoms with E-state index in [1.54, 1.807) is 14.1 Å². The Balaban J connectivity index is 2.00. The van der Waals surface area contributed by atoms with Crippen LogP contribution < -0.4 is 16.0 Å². The summed E-state index contributed by atoms with van der Waals surface area (Å²) < 4.78 is 0. The van der Waals surface area contributed by atoms with Crippen LogP contribution in [0, 0.1) is 0 Å². The largest absolute Gasteiger partial charge is 0.396 e. The molecule has 0 aromatic carbocycles. The van der Waals surface area contributed by atoms with Gasteiger partial charge in [0.1, 0.15) is 0 Å². The number of anilines is 3. The van der Waals surface area contributed by atoms with Crippen LogP contribution in [0.15, 0.2) is 0 Å². The standard InChI is InChI=1S/C17H34N6O/c1-18-15-21-16(19-2)23-17(22-15)20-13-11-9-7-5-3-4-6-8-10-12-14-24/h24H,3-14H2,1-2H3,(H3,18,19,20,21,22,23). The molecule has 0 atom stereocenters. The number of rotatable bonds is 15. The van der Waals surface area contributed by atoms with Crippen molar-refractivity contribution in [3.63, 3.8) is 0 Å². The van der Waals surface area contributed by atoms with Gasteiger partial charge in [0.15, 0.2) is 0 Å². The van der Waals surface area contributed by atoms with Crippen molar-refractivity contribution >= 4 is 17.8 Å². The molecule has 0 radical (unpaired) electrons. The fourth-order valence-electron chi connectivity index (χ4n) is 2.53. The maximum atomic E-state index is 8.71. The average molecular weight is 339 g/mol. The number of hydrogen-bond acceptors (Lipinski definition) is 7. The Labute approximate surface area is 146 Å². The Morgan fingerprint density at radius 2 is 1.04 bits per heavy atom. The number of aliphatic hydroxyl groups is 1. The predicted molar refractivity (Wildman–Crippen MR) is 101 cm³/mol. The molecule has 1 aromatic heterocycles. The fraction of sp³-hybridized carbons (Fsp3) is 0.824. The molecule has 0 aliphatic carbocycles. The summed E-state index contributed by atoms with van der Waals surface area (Å²) in [4.78, 5) is 12.8. The van der Waals surface area contributed by atoms with Crippen molar-refractivity contribution in [3.05, 3.63) is 0 Å². The first kappa shape index (κ1) is 20.4. The van der Waals surface area contributed by atoms with Crippen LogP contribution in [0.4, 0.5) is 17.8 Å². The summed E-state index contributed by atoms with van der Waals surface area (Å²) in [5.74, 6) is 1.74. The monoisotopic (exact) mass is 338 g/mol. The molecule has 1 rings (SSSR count). The fourth-order valence-corrected chi connectivity index (χ4v) is 2.53. The molecule has 0 fully saturated rings. The highest BCUT2D eigenvalue weighted by Gasteiger charge is 2.03. The Bertz CT molecular complexity index is 407. The van der Waals surface area contributed by atoms with Gasteiger partial charge in [0, 0.05) is 27.2 Å². The smallest absolute Gasteiger partial charge is 0.229 e. The Kier molecular flexibility index (Phi) is 11.7. The van der Waals surface area contributed by atoms with Gasteiger partial charge in [-0.25, -0.2) is 0 Å². The third-order valence-electron chi connectivity index (χ3n) is 3.95. The van der Waals surface area contributed by atoms with E-state index in [1.165, 1.54) is 51.4 Å². The summed E-state index contributed by atoms with van der Waals surface area (Å²) in [5, 5.41) is 17.8. The van der Waals surface area contributed by atoms with Crippen LogP contribution in [0.3, 0.4) is 0 Å². The van der Waals surface area contributed by atoms with Gasteiger partial charge in [-0.2, -0.15) is 15.0 Å². The van der Waals surface area contributed by atoms with Gasteiger partial charge in [0.05, 0.1) is 0 Å². The molecule has 7 nitrogen and oxygen atoms in total. The highest BCUT2D eigenvalue weighted by atomic mass is 16.2. The minimum absolute atomic E-state index is 0.338. The lowest BCUT2D eigenvalue weighted by atomic mass is 10.1. The zero-order valence-electron chi connectivity index (χ0n) is 15.3. The van der Waals surface area contributed by atoms with Gasteiger partial charge in [-0.05, 0) is 12.8 Å². The molecule has 0 unspecified atom stereocenters. The van der Waals surface area contributed by atoms with Gasteiger partial charge in [0.2, 0.25) is 17.8 Å². The third-order valence-corrected chi connectivity index (χ3v) is 3.95. The minimum atomic E-state index is 0.338. The van der Waals surface area contributed by atoms with E-state index < -0.39 is 0 Å². The van der Waals surface area contributed by atoms with Crippen molar-refractivity contribution in [1.82, 2.24) is 15.0 Å².